The quantitative estimate of drug-likeness (QED) is 0.300. The number of hydrogen-bond donors (Lipinski definition) is 2. The number of para-hydroxylation sites is 2. The van der Waals surface area contributed by atoms with Crippen LogP contribution in [0.25, 0.3) is 6.08 Å². The molecule has 3 aromatic carbocycles. The molecule has 0 aliphatic carbocycles. The summed E-state index contributed by atoms with van der Waals surface area (Å²) in [7, 11) is 2.95. The molecule has 1 saturated heterocycles. The molecule has 2 N–H and O–H groups in total. The summed E-state index contributed by atoms with van der Waals surface area (Å²) in [4.78, 5) is 51.3. The summed E-state index contributed by atoms with van der Waals surface area (Å²) in [5.74, 6) is -0.386. The SMILES string of the molecule is COc1ccccc1NC(=O)COc1ccc(/C=C2\SC(=O)N(CC(=O)Nc3ccc(C)c(Cl)c3)C2=O)cc1OC. The van der Waals surface area contributed by atoms with Crippen LogP contribution in [0.1, 0.15) is 11.1 Å². The average molecular weight is 596 g/mol. The first-order valence-electron chi connectivity index (χ1n) is 12.2. The number of anilines is 2. The summed E-state index contributed by atoms with van der Waals surface area (Å²) in [6.07, 6.45) is 1.52. The largest absolute Gasteiger partial charge is 0.495 e. The van der Waals surface area contributed by atoms with E-state index in [2.05, 4.69) is 10.6 Å². The number of benzene rings is 3. The molecule has 0 aromatic heterocycles. The number of carbonyl (C=O) groups excluding carboxylic acids is 4. The molecule has 4 rings (SSSR count). The van der Waals surface area contributed by atoms with Crippen molar-refractivity contribution in [3.63, 3.8) is 0 Å². The predicted octanol–water partition coefficient (Wildman–Crippen LogP) is 5.36. The second kappa shape index (κ2) is 13.2. The van der Waals surface area contributed by atoms with E-state index >= 15 is 0 Å². The van der Waals surface area contributed by atoms with Crippen LogP contribution in [0.2, 0.25) is 5.02 Å². The first-order chi connectivity index (χ1) is 19.7. The average Bonchev–Trinajstić information content (AvgIpc) is 3.21. The maximum atomic E-state index is 12.9. The summed E-state index contributed by atoms with van der Waals surface area (Å²) in [6, 6.07) is 16.9. The minimum Gasteiger partial charge on any atom is -0.495 e. The Bertz CT molecular complexity index is 1540. The van der Waals surface area contributed by atoms with E-state index in [-0.39, 0.29) is 11.5 Å². The van der Waals surface area contributed by atoms with Gasteiger partial charge in [0.1, 0.15) is 12.3 Å². The maximum Gasteiger partial charge on any atom is 0.294 e. The number of imide groups is 1. The number of methoxy groups -OCH3 is 2. The lowest BCUT2D eigenvalue weighted by Gasteiger charge is -2.13. The Morgan fingerprint density at radius 1 is 0.927 bits per heavy atom. The van der Waals surface area contributed by atoms with Gasteiger partial charge < -0.3 is 24.8 Å². The number of carbonyl (C=O) groups is 4. The van der Waals surface area contributed by atoms with Gasteiger partial charge in [-0.3, -0.25) is 24.1 Å². The zero-order chi connectivity index (χ0) is 29.5. The fourth-order valence-corrected chi connectivity index (χ4v) is 4.79. The topological polar surface area (TPSA) is 123 Å². The van der Waals surface area contributed by atoms with Crippen molar-refractivity contribution in [3.8, 4) is 17.2 Å². The van der Waals surface area contributed by atoms with Gasteiger partial charge in [-0.2, -0.15) is 0 Å². The van der Waals surface area contributed by atoms with Crippen molar-refractivity contribution in [2.45, 2.75) is 6.92 Å². The van der Waals surface area contributed by atoms with E-state index in [9.17, 15) is 19.2 Å². The van der Waals surface area contributed by atoms with Gasteiger partial charge in [0.25, 0.3) is 17.1 Å². The normalized spacial score (nSPS) is 13.8. The Hall–Kier alpha value is -4.48. The molecule has 0 bridgehead atoms. The zero-order valence-corrected chi connectivity index (χ0v) is 23.9. The highest BCUT2D eigenvalue weighted by atomic mass is 35.5. The summed E-state index contributed by atoms with van der Waals surface area (Å²) in [5.41, 5.74) is 2.38. The molecule has 0 atom stereocenters. The minimum absolute atomic E-state index is 0.146. The van der Waals surface area contributed by atoms with Crippen LogP contribution in [0.3, 0.4) is 0 Å². The first-order valence-corrected chi connectivity index (χ1v) is 13.4. The van der Waals surface area contributed by atoms with Crippen LogP contribution < -0.4 is 24.8 Å². The molecule has 4 amide bonds. The number of aryl methyl sites for hydroxylation is 1. The Morgan fingerprint density at radius 3 is 2.41 bits per heavy atom. The minimum atomic E-state index is -0.593. The van der Waals surface area contributed by atoms with Gasteiger partial charge in [-0.15, -0.1) is 0 Å². The third-order valence-electron chi connectivity index (χ3n) is 5.86. The van der Waals surface area contributed by atoms with Crippen LogP contribution in [0, 0.1) is 6.92 Å². The number of hydrogen-bond acceptors (Lipinski definition) is 8. The van der Waals surface area contributed by atoms with Gasteiger partial charge in [0.2, 0.25) is 5.91 Å². The van der Waals surface area contributed by atoms with E-state index in [0.717, 1.165) is 22.2 Å². The summed E-state index contributed by atoms with van der Waals surface area (Å²) >= 11 is 6.82. The molecule has 1 aliphatic heterocycles. The summed E-state index contributed by atoms with van der Waals surface area (Å²) in [6.45, 7) is 1.10. The highest BCUT2D eigenvalue weighted by Crippen LogP contribution is 2.34. The Labute approximate surface area is 245 Å². The molecule has 10 nitrogen and oxygen atoms in total. The Balaban J connectivity index is 1.38. The van der Waals surface area contributed by atoms with Crippen LogP contribution >= 0.6 is 23.4 Å². The second-order valence-electron chi connectivity index (χ2n) is 8.73. The number of halogens is 1. The number of ether oxygens (including phenoxy) is 3. The lowest BCUT2D eigenvalue weighted by molar-refractivity contribution is -0.127. The molecule has 3 aromatic rings. The van der Waals surface area contributed by atoms with Crippen LogP contribution in [0.5, 0.6) is 17.2 Å². The van der Waals surface area contributed by atoms with E-state index in [4.69, 9.17) is 25.8 Å². The maximum absolute atomic E-state index is 12.9. The third-order valence-corrected chi connectivity index (χ3v) is 7.17. The fourth-order valence-electron chi connectivity index (χ4n) is 3.77. The van der Waals surface area contributed by atoms with Gasteiger partial charge in [0.15, 0.2) is 18.1 Å². The molecule has 1 aliphatic rings. The van der Waals surface area contributed by atoms with Crippen molar-refractivity contribution >= 4 is 63.8 Å². The van der Waals surface area contributed by atoms with Gasteiger partial charge in [-0.25, -0.2) is 0 Å². The van der Waals surface area contributed by atoms with Crippen LogP contribution in [0.15, 0.2) is 65.6 Å². The lowest BCUT2D eigenvalue weighted by Crippen LogP contribution is -2.36. The Morgan fingerprint density at radius 2 is 1.68 bits per heavy atom. The van der Waals surface area contributed by atoms with E-state index in [1.54, 1.807) is 60.7 Å². The molecule has 41 heavy (non-hydrogen) atoms. The molecule has 0 radical (unpaired) electrons. The Kier molecular flexibility index (Phi) is 9.53. The monoisotopic (exact) mass is 595 g/mol. The number of nitrogens with one attached hydrogen (secondary N) is 2. The molecular formula is C29H26ClN3O7S. The highest BCUT2D eigenvalue weighted by Gasteiger charge is 2.36. The van der Waals surface area contributed by atoms with E-state index < -0.39 is 29.5 Å². The van der Waals surface area contributed by atoms with E-state index in [1.807, 2.05) is 6.92 Å². The lowest BCUT2D eigenvalue weighted by atomic mass is 10.2. The van der Waals surface area contributed by atoms with Crippen LogP contribution in [-0.4, -0.2) is 55.2 Å². The van der Waals surface area contributed by atoms with Crippen molar-refractivity contribution in [2.75, 3.05) is 38.0 Å². The highest BCUT2D eigenvalue weighted by molar-refractivity contribution is 8.18. The van der Waals surface area contributed by atoms with Crippen LogP contribution in [-0.2, 0) is 14.4 Å². The number of thioether (sulfide) groups is 1. The number of rotatable bonds is 10. The number of amides is 4. The molecule has 0 spiro atoms. The number of nitrogens with zero attached hydrogens (tertiary/aromatic N) is 1. The summed E-state index contributed by atoms with van der Waals surface area (Å²) in [5, 5.41) is 5.28. The molecule has 1 heterocycles. The van der Waals surface area contributed by atoms with E-state index in [1.165, 1.54) is 20.3 Å². The molecular weight excluding hydrogens is 570 g/mol. The molecule has 1 fully saturated rings. The molecule has 0 unspecified atom stereocenters. The van der Waals surface area contributed by atoms with Gasteiger partial charge in [-0.05, 0) is 72.3 Å². The van der Waals surface area contributed by atoms with E-state index in [0.29, 0.717) is 39.2 Å². The smallest absolute Gasteiger partial charge is 0.294 e. The van der Waals surface area contributed by atoms with Gasteiger partial charge in [0, 0.05) is 10.7 Å². The molecule has 12 heteroatoms. The van der Waals surface area contributed by atoms with Crippen molar-refractivity contribution in [2.24, 2.45) is 0 Å². The zero-order valence-electron chi connectivity index (χ0n) is 22.4. The third kappa shape index (κ3) is 7.38. The fraction of sp³-hybridized carbons (Fsp3) is 0.172. The van der Waals surface area contributed by atoms with Crippen molar-refractivity contribution in [3.05, 3.63) is 81.7 Å². The van der Waals surface area contributed by atoms with Gasteiger partial charge in [-0.1, -0.05) is 35.9 Å². The van der Waals surface area contributed by atoms with Crippen LogP contribution in [0.4, 0.5) is 16.2 Å². The first kappa shape index (κ1) is 29.5. The molecule has 0 saturated carbocycles. The predicted molar refractivity (Wildman–Crippen MR) is 158 cm³/mol. The van der Waals surface area contributed by atoms with Crippen molar-refractivity contribution in [1.82, 2.24) is 4.90 Å². The van der Waals surface area contributed by atoms with Crippen molar-refractivity contribution in [1.29, 1.82) is 0 Å². The standard InChI is InChI=1S/C29H26ClN3O7S/c1-17-8-10-19(14-20(17)30)31-26(34)15-33-28(36)25(41-29(33)37)13-18-9-11-23(24(12-18)39-3)40-16-27(35)32-21-6-4-5-7-22(21)38-2/h4-14H,15-16H2,1-3H3,(H,31,34)(H,32,35)/b25-13-. The van der Waals surface area contributed by atoms with Gasteiger partial charge in [0.05, 0.1) is 24.8 Å². The van der Waals surface area contributed by atoms with Gasteiger partial charge >= 0.3 is 0 Å². The molecule has 212 valence electrons. The summed E-state index contributed by atoms with van der Waals surface area (Å²) < 4.78 is 16.3. The second-order valence-corrected chi connectivity index (χ2v) is 10.1. The van der Waals surface area contributed by atoms with Crippen molar-refractivity contribution < 1.29 is 33.4 Å².